The maximum atomic E-state index is 11.3. The quantitative estimate of drug-likeness (QED) is 0.481. The van der Waals surface area contributed by atoms with E-state index < -0.39 is 11.9 Å². The summed E-state index contributed by atoms with van der Waals surface area (Å²) >= 11 is 8.53. The Morgan fingerprint density at radius 3 is 1.92 bits per heavy atom. The Morgan fingerprint density at radius 1 is 1.08 bits per heavy atom. The second kappa shape index (κ2) is 9.82. The molecule has 0 radical (unpaired) electrons. The van der Waals surface area contributed by atoms with Gasteiger partial charge in [-0.2, -0.15) is 0 Å². The number of halogens is 2. The fourth-order valence-corrected chi connectivity index (χ4v) is 4.50. The van der Waals surface area contributed by atoms with Crippen molar-refractivity contribution in [1.82, 2.24) is 0 Å². The van der Waals surface area contributed by atoms with Gasteiger partial charge in [0.1, 0.15) is 0 Å². The lowest BCUT2D eigenvalue weighted by molar-refractivity contribution is 0.0523. The van der Waals surface area contributed by atoms with E-state index in [2.05, 4.69) is 31.9 Å². The van der Waals surface area contributed by atoms with Crippen LogP contribution in [0.15, 0.2) is 19.7 Å². The van der Waals surface area contributed by atoms with Gasteiger partial charge in [-0.15, -0.1) is 22.7 Å². The van der Waals surface area contributed by atoms with E-state index in [1.165, 1.54) is 11.3 Å². The smallest absolute Gasteiger partial charge is 0.340 e. The number of aldehydes is 2. The highest BCUT2D eigenvalue weighted by atomic mass is 79.9. The summed E-state index contributed by atoms with van der Waals surface area (Å²) in [5, 5.41) is 11.9. The normalized spacial score (nSPS) is 9.62. The van der Waals surface area contributed by atoms with Crippen LogP contribution in [0.4, 0.5) is 0 Å². The van der Waals surface area contributed by atoms with Crippen LogP contribution in [0.3, 0.4) is 0 Å². The maximum absolute atomic E-state index is 11.3. The number of carboxylic acids is 1. The number of hydrogen-bond donors (Lipinski definition) is 1. The zero-order valence-corrected chi connectivity index (χ0v) is 16.9. The van der Waals surface area contributed by atoms with Gasteiger partial charge in [-0.05, 0) is 38.8 Å². The molecule has 6 nitrogen and oxygen atoms in total. The lowest BCUT2D eigenvalue weighted by Gasteiger charge is -2.00. The van der Waals surface area contributed by atoms with Gasteiger partial charge >= 0.3 is 11.9 Å². The summed E-state index contributed by atoms with van der Waals surface area (Å²) in [4.78, 5) is 43.2. The van der Waals surface area contributed by atoms with Gasteiger partial charge in [0.15, 0.2) is 12.6 Å². The number of carboxylic acid groups (broad SMARTS) is 1. The first kappa shape index (κ1) is 20.7. The fourth-order valence-electron chi connectivity index (χ4n) is 1.48. The van der Waals surface area contributed by atoms with Gasteiger partial charge < -0.3 is 9.84 Å². The van der Waals surface area contributed by atoms with E-state index in [0.29, 0.717) is 38.6 Å². The third kappa shape index (κ3) is 5.07. The van der Waals surface area contributed by atoms with Gasteiger partial charge in [-0.25, -0.2) is 9.59 Å². The Kier molecular flexibility index (Phi) is 8.46. The molecule has 0 fully saturated rings. The van der Waals surface area contributed by atoms with E-state index >= 15 is 0 Å². The van der Waals surface area contributed by atoms with Gasteiger partial charge in [0.25, 0.3) is 0 Å². The van der Waals surface area contributed by atoms with Crippen LogP contribution in [0.2, 0.25) is 0 Å². The van der Waals surface area contributed by atoms with Crippen molar-refractivity contribution in [2.45, 2.75) is 6.92 Å². The predicted octanol–water partition coefficient (Wildman–Crippen LogP) is 4.52. The van der Waals surface area contributed by atoms with Crippen molar-refractivity contribution in [3.05, 3.63) is 40.6 Å². The monoisotopic (exact) mass is 496 g/mol. The molecule has 2 aromatic heterocycles. The number of carbonyl (C=O) groups excluding carboxylic acids is 3. The zero-order chi connectivity index (χ0) is 18.3. The summed E-state index contributed by atoms with van der Waals surface area (Å²) in [6.45, 7) is 2.03. The van der Waals surface area contributed by atoms with E-state index in [4.69, 9.17) is 9.84 Å². The number of carbonyl (C=O) groups is 4. The molecule has 0 aromatic carbocycles. The third-order valence-corrected chi connectivity index (χ3v) is 6.13. The van der Waals surface area contributed by atoms with Crippen LogP contribution in [-0.4, -0.2) is 36.2 Å². The third-order valence-electron chi connectivity index (χ3n) is 2.46. The van der Waals surface area contributed by atoms with Gasteiger partial charge in [-0.3, -0.25) is 9.59 Å². The highest BCUT2D eigenvalue weighted by Gasteiger charge is 2.18. The van der Waals surface area contributed by atoms with Crippen LogP contribution in [0.1, 0.15) is 47.0 Å². The average molecular weight is 498 g/mol. The van der Waals surface area contributed by atoms with Crippen molar-refractivity contribution < 1.29 is 29.0 Å². The van der Waals surface area contributed by atoms with Crippen LogP contribution in [0, 0.1) is 0 Å². The molecular formula is C14H10Br2O6S2. The molecule has 128 valence electrons. The van der Waals surface area contributed by atoms with Crippen LogP contribution in [-0.2, 0) is 4.74 Å². The number of rotatable bonds is 5. The number of esters is 1. The fraction of sp³-hybridized carbons (Fsp3) is 0.143. The molecule has 2 aromatic rings. The summed E-state index contributed by atoms with van der Waals surface area (Å²) in [6, 6.07) is 0. The molecule has 10 heteroatoms. The van der Waals surface area contributed by atoms with Crippen LogP contribution in [0.25, 0.3) is 0 Å². The van der Waals surface area contributed by atoms with E-state index in [-0.39, 0.29) is 10.4 Å². The molecule has 0 atom stereocenters. The number of hydrogen-bond acceptors (Lipinski definition) is 7. The molecule has 0 spiro atoms. The van der Waals surface area contributed by atoms with Crippen molar-refractivity contribution in [1.29, 1.82) is 0 Å². The molecule has 2 heterocycles. The van der Waals surface area contributed by atoms with Gasteiger partial charge in [0, 0.05) is 19.7 Å². The van der Waals surface area contributed by atoms with Crippen molar-refractivity contribution in [3.8, 4) is 0 Å². The van der Waals surface area contributed by atoms with Crippen molar-refractivity contribution in [3.63, 3.8) is 0 Å². The average Bonchev–Trinajstić information content (AvgIpc) is 3.10. The molecular weight excluding hydrogens is 488 g/mol. The Labute approximate surface area is 161 Å². The minimum Gasteiger partial charge on any atom is -0.478 e. The molecule has 0 saturated heterocycles. The Bertz CT molecular complexity index is 765. The maximum Gasteiger partial charge on any atom is 0.340 e. The first-order valence-electron chi connectivity index (χ1n) is 6.22. The summed E-state index contributed by atoms with van der Waals surface area (Å²) in [5.74, 6) is -1.54. The predicted molar refractivity (Wildman–Crippen MR) is 97.7 cm³/mol. The van der Waals surface area contributed by atoms with Crippen LogP contribution >= 0.6 is 54.5 Å². The van der Waals surface area contributed by atoms with Gasteiger partial charge in [0.05, 0.1) is 27.5 Å². The first-order valence-corrected chi connectivity index (χ1v) is 9.56. The number of aromatic carboxylic acids is 1. The van der Waals surface area contributed by atoms with Crippen LogP contribution < -0.4 is 0 Å². The molecule has 0 aliphatic rings. The Hall–Kier alpha value is -1.36. The van der Waals surface area contributed by atoms with Gasteiger partial charge in [-0.1, -0.05) is 0 Å². The molecule has 24 heavy (non-hydrogen) atoms. The minimum atomic E-state index is -1.08. The lowest BCUT2D eigenvalue weighted by atomic mass is 10.3. The second-order valence-corrected chi connectivity index (χ2v) is 7.44. The van der Waals surface area contributed by atoms with Gasteiger partial charge in [0.2, 0.25) is 0 Å². The molecule has 0 saturated carbocycles. The molecule has 0 aliphatic carbocycles. The van der Waals surface area contributed by atoms with E-state index in [9.17, 15) is 19.2 Å². The van der Waals surface area contributed by atoms with Crippen LogP contribution in [0.5, 0.6) is 0 Å². The zero-order valence-electron chi connectivity index (χ0n) is 12.1. The lowest BCUT2D eigenvalue weighted by Crippen LogP contribution is -2.06. The minimum absolute atomic E-state index is 0.0463. The Balaban J connectivity index is 0.000000243. The largest absolute Gasteiger partial charge is 0.478 e. The molecule has 0 unspecified atom stereocenters. The molecule has 0 bridgehead atoms. The van der Waals surface area contributed by atoms with E-state index in [1.807, 2.05) is 0 Å². The Morgan fingerprint density at radius 2 is 1.54 bits per heavy atom. The second-order valence-electron chi connectivity index (χ2n) is 3.91. The van der Waals surface area contributed by atoms with E-state index in [1.54, 1.807) is 17.7 Å². The molecule has 0 amide bonds. The number of ether oxygens (including phenoxy) is 1. The molecule has 2 rings (SSSR count). The summed E-state index contributed by atoms with van der Waals surface area (Å²) < 4.78 is 5.85. The summed E-state index contributed by atoms with van der Waals surface area (Å²) in [5.41, 5.74) is 0.367. The summed E-state index contributed by atoms with van der Waals surface area (Å²) in [7, 11) is 0. The topological polar surface area (TPSA) is 97.7 Å². The number of thiophene rings is 2. The molecule has 1 N–H and O–H groups in total. The SMILES string of the molecule is CCOC(=O)c1c(Br)csc1C=O.O=Cc1scc(Br)c1C(=O)O. The molecule has 0 aliphatic heterocycles. The standard InChI is InChI=1S/C8H7BrO3S.C6H3BrO3S/c1-2-12-8(11)7-5(9)4-13-6(7)3-10;7-3-2-11-4(1-8)5(3)6(9)10/h3-4H,2H2,1H3;1-2H,(H,9,10). The first-order chi connectivity index (χ1) is 11.4. The highest BCUT2D eigenvalue weighted by Crippen LogP contribution is 2.27. The van der Waals surface area contributed by atoms with Crippen molar-refractivity contribution >= 4 is 79.0 Å². The highest BCUT2D eigenvalue weighted by molar-refractivity contribution is 9.11. The van der Waals surface area contributed by atoms with Crippen molar-refractivity contribution in [2.75, 3.05) is 6.61 Å². The summed E-state index contributed by atoms with van der Waals surface area (Å²) in [6.07, 6.45) is 1.19. The van der Waals surface area contributed by atoms with Crippen molar-refractivity contribution in [2.24, 2.45) is 0 Å². The van der Waals surface area contributed by atoms with E-state index in [0.717, 1.165) is 11.3 Å².